The standard InChI is InChI=1S/C25H24N4O2.C24H22N2O5/c1-15(2)23-22-24(27-26-23)16(3)29(25(22)19-7-5-6-8-21(19)30-4)18-11-9-17(10-12-18)20-13-14-31-28-20;1-14(2)22(27)20-21(17-6-4-5-7-19(17)30-3)26(24(29)23(20)28)16-10-8-15(9-11-16)18-12-13-31-25-18/h5-15,25H,3H2,1-2,4H3,(H,26,27);4-14,21,28H,1-3H3. The molecular formula is C49H46N6O7. The Balaban J connectivity index is 0.000000171. The van der Waals surface area contributed by atoms with Gasteiger partial charge in [-0.3, -0.25) is 19.6 Å². The van der Waals surface area contributed by atoms with Gasteiger partial charge in [-0.25, -0.2) is 0 Å². The number of anilines is 2. The molecule has 7 aromatic rings. The van der Waals surface area contributed by atoms with Crippen molar-refractivity contribution in [3.8, 4) is 34.0 Å². The van der Waals surface area contributed by atoms with E-state index in [0.29, 0.717) is 28.6 Å². The molecule has 0 saturated carbocycles. The van der Waals surface area contributed by atoms with Crippen LogP contribution in [0.5, 0.6) is 11.5 Å². The first-order chi connectivity index (χ1) is 30.0. The van der Waals surface area contributed by atoms with Gasteiger partial charge >= 0.3 is 0 Å². The molecule has 13 nitrogen and oxygen atoms in total. The number of H-pyrrole nitrogens is 1. The van der Waals surface area contributed by atoms with Gasteiger partial charge in [-0.15, -0.1) is 0 Å². The summed E-state index contributed by atoms with van der Waals surface area (Å²) in [6.07, 6.45) is 3.06. The van der Waals surface area contributed by atoms with Crippen LogP contribution in [0, 0.1) is 5.92 Å². The van der Waals surface area contributed by atoms with Gasteiger partial charge in [-0.1, -0.05) is 105 Å². The Hall–Kier alpha value is -7.67. The second kappa shape index (κ2) is 17.1. The van der Waals surface area contributed by atoms with Gasteiger partial charge in [0.25, 0.3) is 5.91 Å². The predicted octanol–water partition coefficient (Wildman–Crippen LogP) is 10.3. The van der Waals surface area contributed by atoms with Gasteiger partial charge in [0.1, 0.15) is 41.1 Å². The fourth-order valence-electron chi connectivity index (χ4n) is 8.12. The number of Topliss-reactive ketones (excluding diaryl/α,β-unsaturated/α-hetero) is 1. The molecule has 9 rings (SSSR count). The number of fused-ring (bicyclic) bond motifs is 1. The van der Waals surface area contributed by atoms with E-state index in [2.05, 4.69) is 64.0 Å². The first-order valence-corrected chi connectivity index (χ1v) is 20.2. The van der Waals surface area contributed by atoms with Gasteiger partial charge in [-0.2, -0.15) is 5.10 Å². The van der Waals surface area contributed by atoms with Crippen molar-refractivity contribution in [2.24, 2.45) is 5.92 Å². The average Bonchev–Trinajstić information content (AvgIpc) is 4.16. The second-order valence-electron chi connectivity index (χ2n) is 15.5. The van der Waals surface area contributed by atoms with Gasteiger partial charge in [0.15, 0.2) is 11.5 Å². The molecule has 2 atom stereocenters. The first-order valence-electron chi connectivity index (χ1n) is 20.2. The Morgan fingerprint density at radius 2 is 1.23 bits per heavy atom. The maximum atomic E-state index is 13.1. The Bertz CT molecular complexity index is 2750. The predicted molar refractivity (Wildman–Crippen MR) is 236 cm³/mol. The molecule has 13 heteroatoms. The van der Waals surface area contributed by atoms with Gasteiger partial charge < -0.3 is 28.5 Å². The number of rotatable bonds is 11. The summed E-state index contributed by atoms with van der Waals surface area (Å²) in [5.74, 6) is -0.179. The van der Waals surface area contributed by atoms with Crippen LogP contribution in [0.1, 0.15) is 73.8 Å². The van der Waals surface area contributed by atoms with Crippen molar-refractivity contribution in [1.82, 2.24) is 20.5 Å². The van der Waals surface area contributed by atoms with Gasteiger partial charge in [-0.05, 0) is 42.3 Å². The summed E-state index contributed by atoms with van der Waals surface area (Å²) >= 11 is 0. The normalized spacial score (nSPS) is 15.9. The fraction of sp³-hybridized carbons (Fsp3) is 0.204. The molecule has 5 heterocycles. The molecule has 1 amide bonds. The van der Waals surface area contributed by atoms with E-state index < -0.39 is 23.6 Å². The van der Waals surface area contributed by atoms with E-state index >= 15 is 0 Å². The van der Waals surface area contributed by atoms with E-state index in [1.54, 1.807) is 75.8 Å². The maximum Gasteiger partial charge on any atom is 0.294 e. The van der Waals surface area contributed by atoms with Crippen molar-refractivity contribution in [2.75, 3.05) is 24.0 Å². The summed E-state index contributed by atoms with van der Waals surface area (Å²) in [4.78, 5) is 29.8. The number of para-hydroxylation sites is 2. The number of ether oxygens (including phenoxy) is 2. The smallest absolute Gasteiger partial charge is 0.294 e. The number of aliphatic hydroxyl groups is 1. The quantitative estimate of drug-likeness (QED) is 0.128. The van der Waals surface area contributed by atoms with Gasteiger partial charge in [0, 0.05) is 62.9 Å². The fourth-order valence-corrected chi connectivity index (χ4v) is 8.12. The number of nitrogens with zero attached hydrogens (tertiary/aromatic N) is 5. The molecule has 314 valence electrons. The molecule has 0 spiro atoms. The molecule has 62 heavy (non-hydrogen) atoms. The molecule has 0 aliphatic carbocycles. The lowest BCUT2D eigenvalue weighted by molar-refractivity contribution is -0.119. The molecule has 3 aromatic heterocycles. The number of methoxy groups -OCH3 is 2. The van der Waals surface area contributed by atoms with Crippen molar-refractivity contribution in [2.45, 2.75) is 45.7 Å². The Morgan fingerprint density at radius 3 is 1.69 bits per heavy atom. The lowest BCUT2D eigenvalue weighted by Gasteiger charge is -2.30. The maximum absolute atomic E-state index is 13.1. The number of aromatic amines is 1. The van der Waals surface area contributed by atoms with E-state index in [1.165, 1.54) is 18.3 Å². The number of aromatic nitrogens is 4. The van der Waals surface area contributed by atoms with Crippen LogP contribution >= 0.6 is 0 Å². The molecule has 2 unspecified atom stereocenters. The highest BCUT2D eigenvalue weighted by molar-refractivity contribution is 6.17. The Kier molecular flexibility index (Phi) is 11.4. The number of aliphatic hydroxyl groups excluding tert-OH is 1. The van der Waals surface area contributed by atoms with Crippen LogP contribution in [-0.4, -0.2) is 51.5 Å². The number of carbonyl (C=O) groups is 2. The number of benzene rings is 4. The Labute approximate surface area is 358 Å². The van der Waals surface area contributed by atoms with E-state index in [0.717, 1.165) is 56.5 Å². The van der Waals surface area contributed by atoms with Crippen LogP contribution in [0.2, 0.25) is 0 Å². The number of ketones is 1. The minimum atomic E-state index is -0.809. The van der Waals surface area contributed by atoms with E-state index in [1.807, 2.05) is 42.5 Å². The lowest BCUT2D eigenvalue weighted by Crippen LogP contribution is -2.31. The number of nitrogens with one attached hydrogen (secondary N) is 1. The molecule has 0 bridgehead atoms. The number of hydrogen-bond donors (Lipinski definition) is 2. The molecule has 4 aromatic carbocycles. The summed E-state index contributed by atoms with van der Waals surface area (Å²) in [5.41, 5.74) is 10.7. The van der Waals surface area contributed by atoms with Crippen molar-refractivity contribution in [3.05, 3.63) is 168 Å². The number of hydrogen-bond acceptors (Lipinski definition) is 11. The zero-order chi connectivity index (χ0) is 43.7. The third-order valence-corrected chi connectivity index (χ3v) is 11.1. The topological polar surface area (TPSA) is 160 Å². The van der Waals surface area contributed by atoms with Gasteiger partial charge in [0.2, 0.25) is 0 Å². The van der Waals surface area contributed by atoms with Crippen LogP contribution in [-0.2, 0) is 9.59 Å². The van der Waals surface area contributed by atoms with Crippen LogP contribution in [0.3, 0.4) is 0 Å². The summed E-state index contributed by atoms with van der Waals surface area (Å²) in [5, 5.41) is 26.5. The SMILES string of the molecule is C=C1c2n[nH]c(C(C)C)c2C(c2ccccc2OC)N1c1ccc(-c2ccon2)cc1.COc1ccccc1C1C(C(=O)C(C)C)=C(O)C(=O)N1c1ccc(-c2ccon2)cc1. The van der Waals surface area contributed by atoms with Crippen LogP contribution < -0.4 is 19.3 Å². The monoisotopic (exact) mass is 830 g/mol. The van der Waals surface area contributed by atoms with Crippen molar-refractivity contribution < 1.29 is 33.2 Å². The van der Waals surface area contributed by atoms with Gasteiger partial charge in [0.05, 0.1) is 37.6 Å². The largest absolute Gasteiger partial charge is 0.503 e. The molecule has 0 fully saturated rings. The van der Waals surface area contributed by atoms with E-state index in [9.17, 15) is 14.7 Å². The van der Waals surface area contributed by atoms with Crippen LogP contribution in [0.15, 0.2) is 149 Å². The molecule has 0 saturated heterocycles. The zero-order valence-electron chi connectivity index (χ0n) is 35.2. The van der Waals surface area contributed by atoms with Crippen molar-refractivity contribution >= 4 is 28.8 Å². The Morgan fingerprint density at radius 1 is 0.726 bits per heavy atom. The highest BCUT2D eigenvalue weighted by atomic mass is 16.5. The molecule has 0 radical (unpaired) electrons. The van der Waals surface area contributed by atoms with Crippen LogP contribution in [0.25, 0.3) is 28.2 Å². The molecule has 2 N–H and O–H groups in total. The summed E-state index contributed by atoms with van der Waals surface area (Å²) in [6.45, 7) is 12.2. The van der Waals surface area contributed by atoms with E-state index in [-0.39, 0.29) is 17.4 Å². The summed E-state index contributed by atoms with van der Waals surface area (Å²) in [7, 11) is 3.24. The zero-order valence-corrected chi connectivity index (χ0v) is 35.2. The number of amides is 1. The highest BCUT2D eigenvalue weighted by Crippen LogP contribution is 2.51. The third kappa shape index (κ3) is 7.31. The minimum absolute atomic E-state index is 0.0741. The molecular weight excluding hydrogens is 785 g/mol. The van der Waals surface area contributed by atoms with Crippen molar-refractivity contribution in [3.63, 3.8) is 0 Å². The molecule has 2 aliphatic heterocycles. The lowest BCUT2D eigenvalue weighted by atomic mass is 9.90. The minimum Gasteiger partial charge on any atom is -0.503 e. The first kappa shape index (κ1) is 41.1. The summed E-state index contributed by atoms with van der Waals surface area (Å²) < 4.78 is 21.1. The van der Waals surface area contributed by atoms with E-state index in [4.69, 9.17) is 18.5 Å². The molecule has 2 aliphatic rings. The van der Waals surface area contributed by atoms with Crippen molar-refractivity contribution in [1.29, 1.82) is 0 Å². The second-order valence-corrected chi connectivity index (χ2v) is 15.5. The highest BCUT2D eigenvalue weighted by Gasteiger charge is 2.46. The van der Waals surface area contributed by atoms with Crippen LogP contribution in [0.4, 0.5) is 11.4 Å². The third-order valence-electron chi connectivity index (χ3n) is 11.1. The number of carbonyl (C=O) groups excluding carboxylic acids is 2. The summed E-state index contributed by atoms with van der Waals surface area (Å²) in [6, 6.07) is 33.4. The average molecular weight is 831 g/mol.